The summed E-state index contributed by atoms with van der Waals surface area (Å²) in [7, 11) is 1.81. The fraction of sp³-hybridized carbons (Fsp3) is 0.167. The van der Waals surface area contributed by atoms with Crippen LogP contribution in [0.25, 0.3) is 0 Å². The van der Waals surface area contributed by atoms with E-state index in [2.05, 4.69) is 26.3 Å². The summed E-state index contributed by atoms with van der Waals surface area (Å²) < 4.78 is 15.0. The molecule has 0 bridgehead atoms. The lowest BCUT2D eigenvalue weighted by Gasteiger charge is -2.04. The zero-order valence-electron chi connectivity index (χ0n) is 9.65. The van der Waals surface area contributed by atoms with Gasteiger partial charge in [-0.15, -0.1) is 0 Å². The molecule has 1 aromatic carbocycles. The molecule has 1 N–H and O–H groups in total. The van der Waals surface area contributed by atoms with E-state index in [0.29, 0.717) is 12.1 Å². The van der Waals surface area contributed by atoms with Gasteiger partial charge in [0.1, 0.15) is 5.82 Å². The molecule has 0 fully saturated rings. The van der Waals surface area contributed by atoms with E-state index in [9.17, 15) is 9.18 Å². The van der Waals surface area contributed by atoms with Crippen LogP contribution in [0, 0.1) is 5.82 Å². The highest BCUT2D eigenvalue weighted by atomic mass is 79.9. The van der Waals surface area contributed by atoms with E-state index in [4.69, 9.17) is 0 Å². The van der Waals surface area contributed by atoms with E-state index in [1.165, 1.54) is 18.2 Å². The average molecular weight is 312 g/mol. The quantitative estimate of drug-likeness (QED) is 0.945. The molecule has 0 saturated heterocycles. The minimum absolute atomic E-state index is 0.263. The number of amides is 1. The standard InChI is InChI=1S/C12H11BrFN3O/c1-17-5-4-9(16-17)7-15-12(18)8-2-3-11(14)10(13)6-8/h2-6H,7H2,1H3,(H,15,18). The first-order valence-corrected chi connectivity index (χ1v) is 6.07. The van der Waals surface area contributed by atoms with Gasteiger partial charge < -0.3 is 5.32 Å². The van der Waals surface area contributed by atoms with Gasteiger partial charge in [0.05, 0.1) is 16.7 Å². The summed E-state index contributed by atoms with van der Waals surface area (Å²) >= 11 is 3.04. The molecule has 1 aromatic heterocycles. The van der Waals surface area contributed by atoms with Crippen molar-refractivity contribution in [3.05, 3.63) is 52.0 Å². The fourth-order valence-corrected chi connectivity index (χ4v) is 1.85. The molecule has 0 aliphatic rings. The van der Waals surface area contributed by atoms with E-state index < -0.39 is 5.82 Å². The third-order valence-electron chi connectivity index (χ3n) is 2.38. The van der Waals surface area contributed by atoms with Gasteiger partial charge in [-0.25, -0.2) is 4.39 Å². The first-order valence-electron chi connectivity index (χ1n) is 5.28. The van der Waals surface area contributed by atoms with Crippen LogP contribution in [-0.4, -0.2) is 15.7 Å². The third-order valence-corrected chi connectivity index (χ3v) is 2.99. The topological polar surface area (TPSA) is 46.9 Å². The van der Waals surface area contributed by atoms with Crippen LogP contribution >= 0.6 is 15.9 Å². The molecule has 6 heteroatoms. The second-order valence-electron chi connectivity index (χ2n) is 3.79. The molecule has 94 valence electrons. The van der Waals surface area contributed by atoms with Gasteiger partial charge in [-0.3, -0.25) is 9.48 Å². The Morgan fingerprint density at radius 2 is 2.28 bits per heavy atom. The Balaban J connectivity index is 2.01. The first kappa shape index (κ1) is 12.8. The van der Waals surface area contributed by atoms with Crippen LogP contribution < -0.4 is 5.32 Å². The van der Waals surface area contributed by atoms with Crippen molar-refractivity contribution in [2.24, 2.45) is 7.05 Å². The van der Waals surface area contributed by atoms with Crippen LogP contribution in [0.1, 0.15) is 16.1 Å². The van der Waals surface area contributed by atoms with E-state index in [-0.39, 0.29) is 10.4 Å². The number of benzene rings is 1. The molecule has 0 aliphatic carbocycles. The van der Waals surface area contributed by atoms with E-state index in [1.54, 1.807) is 10.9 Å². The Bertz CT molecular complexity index is 582. The molecule has 0 atom stereocenters. The van der Waals surface area contributed by atoms with Gasteiger partial charge in [-0.05, 0) is 40.2 Å². The number of carbonyl (C=O) groups excluding carboxylic acids is 1. The molecule has 0 radical (unpaired) electrons. The molecular weight excluding hydrogens is 301 g/mol. The molecule has 0 unspecified atom stereocenters. The van der Waals surface area contributed by atoms with Crippen molar-refractivity contribution in [3.8, 4) is 0 Å². The van der Waals surface area contributed by atoms with E-state index >= 15 is 0 Å². The second-order valence-corrected chi connectivity index (χ2v) is 4.65. The van der Waals surface area contributed by atoms with Gasteiger partial charge in [0.25, 0.3) is 5.91 Å². The number of carbonyl (C=O) groups is 1. The van der Waals surface area contributed by atoms with E-state index in [1.807, 2.05) is 13.1 Å². The van der Waals surface area contributed by atoms with Gasteiger partial charge in [0, 0.05) is 18.8 Å². The lowest BCUT2D eigenvalue weighted by molar-refractivity contribution is 0.0950. The molecule has 18 heavy (non-hydrogen) atoms. The first-order chi connectivity index (χ1) is 8.56. The highest BCUT2D eigenvalue weighted by molar-refractivity contribution is 9.10. The predicted molar refractivity (Wildman–Crippen MR) is 68.5 cm³/mol. The van der Waals surface area contributed by atoms with Gasteiger partial charge in [0.2, 0.25) is 0 Å². The maximum Gasteiger partial charge on any atom is 0.251 e. The summed E-state index contributed by atoms with van der Waals surface area (Å²) in [6.45, 7) is 0.342. The maximum absolute atomic E-state index is 13.0. The number of aryl methyl sites for hydroxylation is 1. The van der Waals surface area contributed by atoms with Crippen molar-refractivity contribution in [1.29, 1.82) is 0 Å². The van der Waals surface area contributed by atoms with Crippen LogP contribution in [0.15, 0.2) is 34.9 Å². The maximum atomic E-state index is 13.0. The second kappa shape index (κ2) is 5.30. The van der Waals surface area contributed by atoms with Crippen LogP contribution in [-0.2, 0) is 13.6 Å². The van der Waals surface area contributed by atoms with Crippen molar-refractivity contribution < 1.29 is 9.18 Å². The average Bonchev–Trinajstić information content (AvgIpc) is 2.75. The number of halogens is 2. The van der Waals surface area contributed by atoms with Gasteiger partial charge in [-0.1, -0.05) is 0 Å². The zero-order valence-corrected chi connectivity index (χ0v) is 11.2. The molecule has 0 aliphatic heterocycles. The summed E-state index contributed by atoms with van der Waals surface area (Å²) in [6.07, 6.45) is 1.80. The lowest BCUT2D eigenvalue weighted by atomic mass is 10.2. The number of nitrogens with zero attached hydrogens (tertiary/aromatic N) is 2. The highest BCUT2D eigenvalue weighted by Crippen LogP contribution is 2.16. The number of aromatic nitrogens is 2. The summed E-state index contributed by atoms with van der Waals surface area (Å²) in [5, 5.41) is 6.86. The van der Waals surface area contributed by atoms with Gasteiger partial charge in [-0.2, -0.15) is 5.10 Å². The Hall–Kier alpha value is -1.69. The van der Waals surface area contributed by atoms with Gasteiger partial charge in [0.15, 0.2) is 0 Å². The normalized spacial score (nSPS) is 10.4. The third kappa shape index (κ3) is 2.95. The Kier molecular flexibility index (Phi) is 3.76. The molecular formula is C12H11BrFN3O. The number of nitrogens with one attached hydrogen (secondary N) is 1. The Labute approximate surface area is 112 Å². The van der Waals surface area contributed by atoms with Crippen molar-refractivity contribution in [2.45, 2.75) is 6.54 Å². The number of hydrogen-bond acceptors (Lipinski definition) is 2. The summed E-state index contributed by atoms with van der Waals surface area (Å²) in [4.78, 5) is 11.8. The SMILES string of the molecule is Cn1ccc(CNC(=O)c2ccc(F)c(Br)c2)n1. The summed E-state index contributed by atoms with van der Waals surface area (Å²) in [6, 6.07) is 5.96. The van der Waals surface area contributed by atoms with Crippen molar-refractivity contribution in [3.63, 3.8) is 0 Å². The summed E-state index contributed by atoms with van der Waals surface area (Å²) in [5.41, 5.74) is 1.17. The molecule has 4 nitrogen and oxygen atoms in total. The zero-order chi connectivity index (χ0) is 13.1. The molecule has 0 spiro atoms. The summed E-state index contributed by atoms with van der Waals surface area (Å²) in [5.74, 6) is -0.655. The van der Waals surface area contributed by atoms with Crippen LogP contribution in [0.2, 0.25) is 0 Å². The van der Waals surface area contributed by atoms with Crippen LogP contribution in [0.3, 0.4) is 0 Å². The number of rotatable bonds is 3. The van der Waals surface area contributed by atoms with Crippen molar-refractivity contribution in [1.82, 2.24) is 15.1 Å². The largest absolute Gasteiger partial charge is 0.346 e. The van der Waals surface area contributed by atoms with Crippen molar-refractivity contribution in [2.75, 3.05) is 0 Å². The van der Waals surface area contributed by atoms with Gasteiger partial charge >= 0.3 is 0 Å². The minimum Gasteiger partial charge on any atom is -0.346 e. The molecule has 2 aromatic rings. The Morgan fingerprint density at radius 3 is 2.89 bits per heavy atom. The number of hydrogen-bond donors (Lipinski definition) is 1. The lowest BCUT2D eigenvalue weighted by Crippen LogP contribution is -2.23. The molecule has 1 amide bonds. The van der Waals surface area contributed by atoms with Crippen LogP contribution in [0.5, 0.6) is 0 Å². The molecule has 2 rings (SSSR count). The monoisotopic (exact) mass is 311 g/mol. The fourth-order valence-electron chi connectivity index (χ4n) is 1.47. The predicted octanol–water partition coefficient (Wildman–Crippen LogP) is 2.25. The van der Waals surface area contributed by atoms with Crippen LogP contribution in [0.4, 0.5) is 4.39 Å². The van der Waals surface area contributed by atoms with E-state index in [0.717, 1.165) is 5.69 Å². The minimum atomic E-state index is -0.392. The molecule has 1 heterocycles. The smallest absolute Gasteiger partial charge is 0.251 e. The Morgan fingerprint density at radius 1 is 1.50 bits per heavy atom. The van der Waals surface area contributed by atoms with Crippen molar-refractivity contribution >= 4 is 21.8 Å². The molecule has 0 saturated carbocycles. The highest BCUT2D eigenvalue weighted by Gasteiger charge is 2.08.